The number of amides is 2. The fourth-order valence-electron chi connectivity index (χ4n) is 0.268. The number of aliphatic hydroxyl groups excluding tert-OH is 4. The number of hydrogen-bond acceptors (Lipinski definition) is 5. The first kappa shape index (κ1) is 19.4. The van der Waals surface area contributed by atoms with Crippen molar-refractivity contribution in [2.24, 2.45) is 11.5 Å². The molecule has 0 aliphatic heterocycles. The first-order chi connectivity index (χ1) is 5.97. The van der Waals surface area contributed by atoms with Gasteiger partial charge in [-0.25, -0.2) is 4.79 Å². The van der Waals surface area contributed by atoms with E-state index in [4.69, 9.17) is 25.2 Å². The minimum absolute atomic E-state index is 0. The predicted molar refractivity (Wildman–Crippen MR) is 49.0 cm³/mol. The van der Waals surface area contributed by atoms with Crippen LogP contribution in [0.2, 0.25) is 0 Å². The predicted octanol–water partition coefficient (Wildman–Crippen LogP) is -5.17. The van der Waals surface area contributed by atoms with Crippen LogP contribution in [0.25, 0.3) is 0 Å². The minimum atomic E-state index is -2.20. The number of hydrogen-bond donors (Lipinski definition) is 6. The molecule has 2 amide bonds. The lowest BCUT2D eigenvalue weighted by molar-refractivity contribution is -0.00000993. The summed E-state index contributed by atoms with van der Waals surface area (Å²) < 4.78 is 0. The Kier molecular flexibility index (Phi) is 15.1. The van der Waals surface area contributed by atoms with E-state index in [0.717, 1.165) is 0 Å². The molecule has 0 saturated carbocycles. The standard InChI is InChI=1S/C4H12O4P.CH4N2O.ClH/c5-1-9(2-6,3-7)4-8;2-1(3)4;/h5-8H,1-4H2;(H4,2,3,4);1H/q+1;;/p-1. The molecule has 0 aromatic carbocycles. The van der Waals surface area contributed by atoms with E-state index in [1.807, 2.05) is 0 Å². The van der Waals surface area contributed by atoms with E-state index in [1.54, 1.807) is 0 Å². The molecule has 14 heavy (non-hydrogen) atoms. The van der Waals surface area contributed by atoms with Gasteiger partial charge in [-0.15, -0.1) is 0 Å². The van der Waals surface area contributed by atoms with Gasteiger partial charge in [-0.3, -0.25) is 0 Å². The van der Waals surface area contributed by atoms with Crippen molar-refractivity contribution in [2.75, 3.05) is 25.4 Å². The lowest BCUT2D eigenvalue weighted by Gasteiger charge is -2.15. The zero-order chi connectivity index (χ0) is 10.9. The molecular weight excluding hydrogens is 234 g/mol. The monoisotopic (exact) mass is 250 g/mol. The van der Waals surface area contributed by atoms with Crippen LogP contribution < -0.4 is 23.9 Å². The van der Waals surface area contributed by atoms with Gasteiger partial charge in [-0.2, -0.15) is 0 Å². The fraction of sp³-hybridized carbons (Fsp3) is 0.800. The molecule has 9 heteroatoms. The number of urea groups is 1. The van der Waals surface area contributed by atoms with E-state index in [0.29, 0.717) is 0 Å². The Morgan fingerprint density at radius 1 is 0.929 bits per heavy atom. The second kappa shape index (κ2) is 10.9. The number of primary amides is 2. The summed E-state index contributed by atoms with van der Waals surface area (Å²) in [6.07, 6.45) is -1.18. The molecule has 0 bridgehead atoms. The van der Waals surface area contributed by atoms with Gasteiger partial charge in [0.25, 0.3) is 0 Å². The van der Waals surface area contributed by atoms with Crippen LogP contribution in [0.5, 0.6) is 0 Å². The number of carbonyl (C=O) groups is 1. The van der Waals surface area contributed by atoms with Gasteiger partial charge in [0.05, 0.1) is 0 Å². The molecule has 0 unspecified atom stereocenters. The highest BCUT2D eigenvalue weighted by Gasteiger charge is 2.34. The van der Waals surface area contributed by atoms with E-state index in [2.05, 4.69) is 11.5 Å². The van der Waals surface area contributed by atoms with Crippen molar-refractivity contribution in [2.45, 2.75) is 0 Å². The summed E-state index contributed by atoms with van der Waals surface area (Å²) in [5, 5.41) is 34.2. The molecule has 0 saturated heterocycles. The molecule has 0 rings (SSSR count). The van der Waals surface area contributed by atoms with Gasteiger partial charge in [-0.1, -0.05) is 0 Å². The third kappa shape index (κ3) is 9.91. The van der Waals surface area contributed by atoms with E-state index in [9.17, 15) is 0 Å². The number of carbonyl (C=O) groups excluding carboxylic acids is 1. The summed E-state index contributed by atoms with van der Waals surface area (Å²) in [5.41, 5.74) is 8.50. The molecule has 88 valence electrons. The molecule has 0 aliphatic carbocycles. The smallest absolute Gasteiger partial charge is 0.309 e. The fourth-order valence-corrected chi connectivity index (χ4v) is 0.805. The Morgan fingerprint density at radius 2 is 1.07 bits per heavy atom. The van der Waals surface area contributed by atoms with Crippen LogP contribution in [0.15, 0.2) is 0 Å². The average Bonchev–Trinajstić information content (AvgIpc) is 2.09. The summed E-state index contributed by atoms with van der Waals surface area (Å²) in [5.74, 6) is 0. The van der Waals surface area contributed by atoms with Crippen molar-refractivity contribution in [1.29, 1.82) is 0 Å². The molecule has 0 atom stereocenters. The van der Waals surface area contributed by atoms with E-state index in [-0.39, 0.29) is 37.8 Å². The Bertz CT molecular complexity index is 125. The van der Waals surface area contributed by atoms with E-state index >= 15 is 0 Å². The highest BCUT2D eigenvalue weighted by atomic mass is 35.5. The lowest BCUT2D eigenvalue weighted by Crippen LogP contribution is -3.00. The third-order valence-electron chi connectivity index (χ3n) is 1.20. The molecule has 0 aromatic heterocycles. The van der Waals surface area contributed by atoms with Gasteiger partial charge in [0, 0.05) is 0 Å². The second-order valence-electron chi connectivity index (χ2n) is 2.31. The molecule has 7 nitrogen and oxygen atoms in total. The summed E-state index contributed by atoms with van der Waals surface area (Å²) in [6, 6.07) is -0.833. The van der Waals surface area contributed by atoms with Crippen LogP contribution in [-0.2, 0) is 0 Å². The SMILES string of the molecule is NC(N)=O.OC[P+](CO)(CO)CO.[Cl-]. The zero-order valence-corrected chi connectivity index (χ0v) is 9.16. The minimum Gasteiger partial charge on any atom is -1.00 e. The molecule has 0 heterocycles. The third-order valence-corrected chi connectivity index (χ3v) is 3.60. The van der Waals surface area contributed by atoms with Gasteiger partial charge >= 0.3 is 6.03 Å². The highest BCUT2D eigenvalue weighted by Crippen LogP contribution is 2.54. The van der Waals surface area contributed by atoms with Crippen molar-refractivity contribution < 1.29 is 37.6 Å². The normalized spacial score (nSPS) is 9.43. The lowest BCUT2D eigenvalue weighted by atomic mass is 11.2. The average molecular weight is 251 g/mol. The molecule has 0 fully saturated rings. The Labute approximate surface area is 88.5 Å². The molecule has 8 N–H and O–H groups in total. The van der Waals surface area contributed by atoms with Gasteiger partial charge in [0.15, 0.2) is 25.4 Å². The number of aliphatic hydroxyl groups is 4. The van der Waals surface area contributed by atoms with E-state index < -0.39 is 13.3 Å². The van der Waals surface area contributed by atoms with Crippen LogP contribution in [0.1, 0.15) is 0 Å². The zero-order valence-electron chi connectivity index (χ0n) is 7.51. The maximum atomic E-state index is 9.00. The van der Waals surface area contributed by atoms with E-state index in [1.165, 1.54) is 0 Å². The van der Waals surface area contributed by atoms with Crippen molar-refractivity contribution in [3.8, 4) is 0 Å². The molecule has 0 spiro atoms. The summed E-state index contributed by atoms with van der Waals surface area (Å²) >= 11 is 0. The van der Waals surface area contributed by atoms with Crippen LogP contribution >= 0.6 is 7.26 Å². The van der Waals surface area contributed by atoms with Crippen molar-refractivity contribution >= 4 is 13.3 Å². The maximum absolute atomic E-state index is 9.00. The van der Waals surface area contributed by atoms with Crippen molar-refractivity contribution in [1.82, 2.24) is 0 Å². The second-order valence-corrected chi connectivity index (χ2v) is 6.12. The van der Waals surface area contributed by atoms with Crippen molar-refractivity contribution in [3.63, 3.8) is 0 Å². The van der Waals surface area contributed by atoms with Gasteiger partial charge in [0.1, 0.15) is 7.26 Å². The number of halogens is 1. The first-order valence-corrected chi connectivity index (χ1v) is 5.84. The Balaban J connectivity index is -0.000000209. The molecular formula is C5H16ClN2O5P. The topological polar surface area (TPSA) is 150 Å². The van der Waals surface area contributed by atoms with Gasteiger partial charge in [0.2, 0.25) is 0 Å². The van der Waals surface area contributed by atoms with Gasteiger partial charge in [-0.05, 0) is 0 Å². The Hall–Kier alpha value is -0.170. The Morgan fingerprint density at radius 3 is 1.07 bits per heavy atom. The van der Waals surface area contributed by atoms with Gasteiger partial charge < -0.3 is 44.3 Å². The molecule has 0 aliphatic rings. The van der Waals surface area contributed by atoms with Crippen LogP contribution in [0.4, 0.5) is 4.79 Å². The quantitative estimate of drug-likeness (QED) is 0.276. The highest BCUT2D eigenvalue weighted by molar-refractivity contribution is 7.75. The first-order valence-electron chi connectivity index (χ1n) is 3.31. The molecule has 0 radical (unpaired) electrons. The maximum Gasteiger partial charge on any atom is 0.309 e. The van der Waals surface area contributed by atoms with Crippen LogP contribution in [0.3, 0.4) is 0 Å². The summed E-state index contributed by atoms with van der Waals surface area (Å²) in [6.45, 7) is 0. The summed E-state index contributed by atoms with van der Waals surface area (Å²) in [7, 11) is -2.20. The number of rotatable bonds is 4. The van der Waals surface area contributed by atoms with Crippen LogP contribution in [-0.4, -0.2) is 51.8 Å². The number of nitrogens with two attached hydrogens (primary N) is 2. The summed E-state index contributed by atoms with van der Waals surface area (Å²) in [4.78, 5) is 9.00. The largest absolute Gasteiger partial charge is 1.00 e. The van der Waals surface area contributed by atoms with Crippen LogP contribution in [0, 0.1) is 0 Å². The molecule has 0 aromatic rings. The van der Waals surface area contributed by atoms with Crippen molar-refractivity contribution in [3.05, 3.63) is 0 Å².